The van der Waals surface area contributed by atoms with Gasteiger partial charge in [0, 0.05) is 18.8 Å². The van der Waals surface area contributed by atoms with Gasteiger partial charge in [0.25, 0.3) is 0 Å². The summed E-state index contributed by atoms with van der Waals surface area (Å²) in [6.45, 7) is 5.91. The predicted octanol–water partition coefficient (Wildman–Crippen LogP) is 0.724. The minimum Gasteiger partial charge on any atom is -0.409 e. The van der Waals surface area contributed by atoms with Crippen LogP contribution < -0.4 is 10.6 Å². The lowest BCUT2D eigenvalue weighted by Crippen LogP contribution is -2.29. The highest BCUT2D eigenvalue weighted by molar-refractivity contribution is 5.95. The zero-order chi connectivity index (χ0) is 12.3. The lowest BCUT2D eigenvalue weighted by Gasteiger charge is -2.21. The molecule has 0 radical (unpaired) electrons. The van der Waals surface area contributed by atoms with Gasteiger partial charge in [-0.25, -0.2) is 9.97 Å². The van der Waals surface area contributed by atoms with Gasteiger partial charge in [0.05, 0.1) is 0 Å². The van der Waals surface area contributed by atoms with E-state index >= 15 is 0 Å². The Morgan fingerprint density at radius 3 is 2.62 bits per heavy atom. The maximum Gasteiger partial charge on any atom is 0.226 e. The molecule has 1 aromatic rings. The zero-order valence-corrected chi connectivity index (χ0v) is 9.97. The highest BCUT2D eigenvalue weighted by Crippen LogP contribution is 2.11. The summed E-state index contributed by atoms with van der Waals surface area (Å²) in [7, 11) is 1.90. The van der Waals surface area contributed by atoms with E-state index in [1.54, 1.807) is 6.07 Å². The molecule has 0 spiro atoms. The molecule has 0 bridgehead atoms. The summed E-state index contributed by atoms with van der Waals surface area (Å²) in [5.74, 6) is 0.556. The van der Waals surface area contributed by atoms with Crippen molar-refractivity contribution in [3.8, 4) is 0 Å². The summed E-state index contributed by atoms with van der Waals surface area (Å²) >= 11 is 0. The molecule has 6 nitrogen and oxygen atoms in total. The Hall–Kier alpha value is -1.85. The van der Waals surface area contributed by atoms with Gasteiger partial charge in [-0.15, -0.1) is 0 Å². The molecule has 0 saturated heterocycles. The van der Waals surface area contributed by atoms with Gasteiger partial charge in [0.2, 0.25) is 5.95 Å². The normalized spacial score (nSPS) is 11.9. The fourth-order valence-corrected chi connectivity index (χ4v) is 1.12. The van der Waals surface area contributed by atoms with Crippen LogP contribution in [0.4, 0.5) is 5.95 Å². The summed E-state index contributed by atoms with van der Waals surface area (Å²) in [4.78, 5) is 10.4. The predicted molar refractivity (Wildman–Crippen MR) is 62.8 cm³/mol. The van der Waals surface area contributed by atoms with Gasteiger partial charge in [0.15, 0.2) is 5.84 Å². The number of nitrogens with two attached hydrogens (primary N) is 1. The number of hydrogen-bond acceptors (Lipinski definition) is 5. The molecule has 0 amide bonds. The van der Waals surface area contributed by atoms with Crippen LogP contribution in [0.2, 0.25) is 0 Å². The molecule has 3 N–H and O–H groups in total. The monoisotopic (exact) mass is 223 g/mol. The first-order valence-electron chi connectivity index (χ1n) is 5.02. The van der Waals surface area contributed by atoms with Crippen LogP contribution in [-0.4, -0.2) is 34.1 Å². The van der Waals surface area contributed by atoms with Crippen LogP contribution in [0.15, 0.2) is 11.2 Å². The average Bonchev–Trinajstić information content (AvgIpc) is 2.25. The smallest absolute Gasteiger partial charge is 0.226 e. The Morgan fingerprint density at radius 2 is 2.12 bits per heavy atom. The van der Waals surface area contributed by atoms with Crippen LogP contribution in [0.5, 0.6) is 0 Å². The summed E-state index contributed by atoms with van der Waals surface area (Å²) in [6.07, 6.45) is 0. The van der Waals surface area contributed by atoms with Gasteiger partial charge < -0.3 is 15.8 Å². The maximum atomic E-state index is 8.61. The van der Waals surface area contributed by atoms with Crippen molar-refractivity contribution in [2.45, 2.75) is 26.8 Å². The van der Waals surface area contributed by atoms with Gasteiger partial charge in [0.1, 0.15) is 5.69 Å². The molecule has 0 aliphatic heterocycles. The van der Waals surface area contributed by atoms with Crippen molar-refractivity contribution in [1.29, 1.82) is 0 Å². The van der Waals surface area contributed by atoms with E-state index in [0.29, 0.717) is 11.6 Å². The van der Waals surface area contributed by atoms with E-state index in [-0.39, 0.29) is 11.9 Å². The highest BCUT2D eigenvalue weighted by atomic mass is 16.4. The van der Waals surface area contributed by atoms with Crippen molar-refractivity contribution < 1.29 is 5.21 Å². The molecule has 0 atom stereocenters. The minimum atomic E-state index is -0.0103. The van der Waals surface area contributed by atoms with Crippen LogP contribution in [0.3, 0.4) is 0 Å². The van der Waals surface area contributed by atoms with Crippen molar-refractivity contribution in [3.63, 3.8) is 0 Å². The van der Waals surface area contributed by atoms with Crippen LogP contribution in [0, 0.1) is 6.92 Å². The Balaban J connectivity index is 3.18. The topological polar surface area (TPSA) is 87.6 Å². The second-order valence-electron chi connectivity index (χ2n) is 3.88. The van der Waals surface area contributed by atoms with Crippen LogP contribution in [0.25, 0.3) is 0 Å². The Bertz CT molecular complexity index is 402. The number of hydrogen-bond donors (Lipinski definition) is 2. The van der Waals surface area contributed by atoms with E-state index in [0.717, 1.165) is 5.69 Å². The summed E-state index contributed by atoms with van der Waals surface area (Å²) in [6, 6.07) is 1.95. The number of amidine groups is 1. The second kappa shape index (κ2) is 4.78. The molecular formula is C10H17N5O. The molecule has 0 aromatic carbocycles. The number of aromatic nitrogens is 2. The van der Waals surface area contributed by atoms with E-state index in [1.165, 1.54) is 0 Å². The van der Waals surface area contributed by atoms with E-state index in [4.69, 9.17) is 10.9 Å². The van der Waals surface area contributed by atoms with Crippen molar-refractivity contribution in [3.05, 3.63) is 17.5 Å². The SMILES string of the molecule is Cc1cc(C(N)=NO)nc(N(C)C(C)C)n1. The molecule has 0 saturated carbocycles. The van der Waals surface area contributed by atoms with E-state index < -0.39 is 0 Å². The molecule has 1 aromatic heterocycles. The highest BCUT2D eigenvalue weighted by Gasteiger charge is 2.11. The lowest BCUT2D eigenvalue weighted by molar-refractivity contribution is 0.318. The van der Waals surface area contributed by atoms with Gasteiger partial charge in [-0.1, -0.05) is 5.16 Å². The quantitative estimate of drug-likeness (QED) is 0.341. The number of oxime groups is 1. The number of nitrogens with zero attached hydrogens (tertiary/aromatic N) is 4. The molecule has 0 fully saturated rings. The van der Waals surface area contributed by atoms with E-state index in [2.05, 4.69) is 15.1 Å². The van der Waals surface area contributed by atoms with Crippen molar-refractivity contribution in [2.24, 2.45) is 10.9 Å². The molecule has 6 heteroatoms. The minimum absolute atomic E-state index is 0.0103. The first-order valence-corrected chi connectivity index (χ1v) is 5.02. The number of rotatable bonds is 3. The third kappa shape index (κ3) is 2.59. The Kier molecular flexibility index (Phi) is 3.65. The first kappa shape index (κ1) is 12.2. The molecule has 1 rings (SSSR count). The Labute approximate surface area is 94.8 Å². The van der Waals surface area contributed by atoms with Crippen molar-refractivity contribution in [2.75, 3.05) is 11.9 Å². The van der Waals surface area contributed by atoms with Crippen LogP contribution >= 0.6 is 0 Å². The molecule has 16 heavy (non-hydrogen) atoms. The second-order valence-corrected chi connectivity index (χ2v) is 3.88. The molecule has 0 unspecified atom stereocenters. The van der Waals surface area contributed by atoms with Gasteiger partial charge in [-0.3, -0.25) is 0 Å². The molecular weight excluding hydrogens is 206 g/mol. The number of anilines is 1. The lowest BCUT2D eigenvalue weighted by atomic mass is 10.3. The van der Waals surface area contributed by atoms with E-state index in [1.807, 2.05) is 32.7 Å². The van der Waals surface area contributed by atoms with Crippen LogP contribution in [-0.2, 0) is 0 Å². The summed E-state index contributed by atoms with van der Waals surface area (Å²) < 4.78 is 0. The Morgan fingerprint density at radius 1 is 1.50 bits per heavy atom. The van der Waals surface area contributed by atoms with Crippen molar-refractivity contribution >= 4 is 11.8 Å². The standard InChI is InChI=1S/C10H17N5O/c1-6(2)15(4)10-12-7(3)5-8(13-10)9(11)14-16/h5-6,16H,1-4H3,(H2,11,14). The largest absolute Gasteiger partial charge is 0.409 e. The average molecular weight is 223 g/mol. The van der Waals surface area contributed by atoms with Gasteiger partial charge >= 0.3 is 0 Å². The molecule has 0 aliphatic carbocycles. The molecule has 1 heterocycles. The third-order valence-electron chi connectivity index (χ3n) is 2.30. The van der Waals surface area contributed by atoms with E-state index in [9.17, 15) is 0 Å². The van der Waals surface area contributed by atoms with Crippen LogP contribution in [0.1, 0.15) is 25.2 Å². The molecule has 88 valence electrons. The summed E-state index contributed by atoms with van der Waals surface area (Å²) in [5.41, 5.74) is 6.70. The maximum absolute atomic E-state index is 8.61. The van der Waals surface area contributed by atoms with Crippen molar-refractivity contribution in [1.82, 2.24) is 9.97 Å². The number of aryl methyl sites for hydroxylation is 1. The fraction of sp³-hybridized carbons (Fsp3) is 0.500. The van der Waals surface area contributed by atoms with Gasteiger partial charge in [-0.2, -0.15) is 0 Å². The van der Waals surface area contributed by atoms with Gasteiger partial charge in [-0.05, 0) is 26.8 Å². The fourth-order valence-electron chi connectivity index (χ4n) is 1.12. The summed E-state index contributed by atoms with van der Waals surface area (Å²) in [5, 5.41) is 11.5. The first-order chi connectivity index (χ1) is 7.45. The zero-order valence-electron chi connectivity index (χ0n) is 9.97. The third-order valence-corrected chi connectivity index (χ3v) is 2.30. The molecule has 0 aliphatic rings.